The summed E-state index contributed by atoms with van der Waals surface area (Å²) in [6.07, 6.45) is 1.37. The average Bonchev–Trinajstić information content (AvgIpc) is 3.55. The van der Waals surface area contributed by atoms with Gasteiger partial charge in [-0.1, -0.05) is 60.1 Å². The molecule has 7 nitrogen and oxygen atoms in total. The topological polar surface area (TPSA) is 89.5 Å². The fourth-order valence-electron chi connectivity index (χ4n) is 4.96. The van der Waals surface area contributed by atoms with Crippen molar-refractivity contribution in [2.24, 2.45) is 0 Å². The van der Waals surface area contributed by atoms with Gasteiger partial charge in [0.25, 0.3) is 6.01 Å². The van der Waals surface area contributed by atoms with E-state index < -0.39 is 5.60 Å². The lowest BCUT2D eigenvalue weighted by molar-refractivity contribution is 0.0273. The Kier molecular flexibility index (Phi) is 5.96. The van der Waals surface area contributed by atoms with Crippen molar-refractivity contribution in [1.82, 2.24) is 15.0 Å². The number of fused-ring (bicyclic) bond motifs is 2. The SMILES string of the molecule is CC(C)(O)Cc1ccc(-c2ccc(-c3nc4nc(OC5COC6CCOC65)[nH]c4cc3Cl)cc2)cc1. The van der Waals surface area contributed by atoms with Crippen molar-refractivity contribution in [3.63, 3.8) is 0 Å². The first-order valence-corrected chi connectivity index (χ1v) is 12.6. The van der Waals surface area contributed by atoms with Gasteiger partial charge in [0.15, 0.2) is 11.8 Å². The number of imidazole rings is 1. The van der Waals surface area contributed by atoms with Gasteiger partial charge in [0.2, 0.25) is 0 Å². The second kappa shape index (κ2) is 9.16. The average molecular weight is 506 g/mol. The summed E-state index contributed by atoms with van der Waals surface area (Å²) in [6.45, 7) is 4.82. The summed E-state index contributed by atoms with van der Waals surface area (Å²) < 4.78 is 17.6. The second-order valence-electron chi connectivity index (χ2n) is 10.1. The molecule has 0 spiro atoms. The Bertz CT molecular complexity index is 1380. The summed E-state index contributed by atoms with van der Waals surface area (Å²) in [5.41, 5.74) is 5.39. The summed E-state index contributed by atoms with van der Waals surface area (Å²) in [6, 6.07) is 18.6. The molecule has 2 N–H and O–H groups in total. The fourth-order valence-corrected chi connectivity index (χ4v) is 5.22. The number of aromatic nitrogens is 3. The number of H-pyrrole nitrogens is 1. The Morgan fingerprint density at radius 2 is 1.72 bits per heavy atom. The largest absolute Gasteiger partial charge is 0.456 e. The lowest BCUT2D eigenvalue weighted by atomic mass is 9.96. The normalized spacial score (nSPS) is 21.7. The molecule has 6 rings (SSSR count). The van der Waals surface area contributed by atoms with Crippen LogP contribution in [0.15, 0.2) is 54.6 Å². The van der Waals surface area contributed by atoms with Gasteiger partial charge >= 0.3 is 0 Å². The number of hydrogen-bond donors (Lipinski definition) is 2. The Hall–Kier alpha value is -2.97. The number of halogens is 1. The molecule has 2 aliphatic rings. The third kappa shape index (κ3) is 4.72. The molecule has 4 heterocycles. The molecule has 0 amide bonds. The standard InChI is InChI=1S/C28H28ClN3O4/c1-28(2,33)14-16-3-5-17(6-4-16)18-7-9-19(10-8-18)24-20(29)13-21-26(31-24)32-27(30-21)36-23-15-35-22-11-12-34-25(22)23/h3-10,13,22-23,25,33H,11-12,14-15H2,1-2H3,(H,30,31,32). The van der Waals surface area contributed by atoms with E-state index in [1.165, 1.54) is 0 Å². The minimum absolute atomic E-state index is 0.0541. The van der Waals surface area contributed by atoms with Gasteiger partial charge in [-0.25, -0.2) is 4.98 Å². The first kappa shape index (κ1) is 23.4. The molecule has 2 saturated heterocycles. The van der Waals surface area contributed by atoms with Crippen LogP contribution in [-0.4, -0.2) is 57.2 Å². The van der Waals surface area contributed by atoms with E-state index in [4.69, 9.17) is 30.8 Å². The van der Waals surface area contributed by atoms with Crippen LogP contribution in [0.3, 0.4) is 0 Å². The maximum atomic E-state index is 10.0. The number of ether oxygens (including phenoxy) is 3. The monoisotopic (exact) mass is 505 g/mol. The van der Waals surface area contributed by atoms with Crippen LogP contribution in [0.2, 0.25) is 5.02 Å². The molecule has 4 aromatic rings. The summed E-state index contributed by atoms with van der Waals surface area (Å²) in [5, 5.41) is 10.6. The van der Waals surface area contributed by atoms with Crippen LogP contribution in [0.5, 0.6) is 6.01 Å². The molecule has 8 heteroatoms. The van der Waals surface area contributed by atoms with Crippen LogP contribution in [-0.2, 0) is 15.9 Å². The van der Waals surface area contributed by atoms with Gasteiger partial charge < -0.3 is 24.3 Å². The Morgan fingerprint density at radius 3 is 2.44 bits per heavy atom. The molecule has 0 radical (unpaired) electrons. The lowest BCUT2D eigenvalue weighted by Crippen LogP contribution is -2.32. The third-order valence-electron chi connectivity index (χ3n) is 6.67. The van der Waals surface area contributed by atoms with Crippen LogP contribution < -0.4 is 4.74 Å². The number of nitrogens with one attached hydrogen (secondary N) is 1. The van der Waals surface area contributed by atoms with Crippen molar-refractivity contribution < 1.29 is 19.3 Å². The third-order valence-corrected chi connectivity index (χ3v) is 6.96. The number of aromatic amines is 1. The van der Waals surface area contributed by atoms with E-state index >= 15 is 0 Å². The molecule has 3 atom stereocenters. The van der Waals surface area contributed by atoms with Gasteiger partial charge in [0.1, 0.15) is 6.10 Å². The number of benzene rings is 2. The van der Waals surface area contributed by atoms with Gasteiger partial charge in [0, 0.05) is 18.6 Å². The van der Waals surface area contributed by atoms with Crippen molar-refractivity contribution in [3.8, 4) is 28.4 Å². The molecule has 186 valence electrons. The van der Waals surface area contributed by atoms with Crippen molar-refractivity contribution >= 4 is 22.8 Å². The maximum Gasteiger partial charge on any atom is 0.296 e. The van der Waals surface area contributed by atoms with E-state index in [1.807, 2.05) is 32.0 Å². The summed E-state index contributed by atoms with van der Waals surface area (Å²) in [5.74, 6) is 0. The van der Waals surface area contributed by atoms with E-state index in [9.17, 15) is 5.11 Å². The Balaban J connectivity index is 1.21. The van der Waals surface area contributed by atoms with E-state index in [0.717, 1.165) is 28.7 Å². The molecule has 2 aliphatic heterocycles. The second-order valence-corrected chi connectivity index (χ2v) is 10.6. The zero-order valence-electron chi connectivity index (χ0n) is 20.2. The molecule has 3 unspecified atom stereocenters. The van der Waals surface area contributed by atoms with Gasteiger partial charge in [0.05, 0.1) is 34.5 Å². The molecule has 36 heavy (non-hydrogen) atoms. The van der Waals surface area contributed by atoms with Crippen molar-refractivity contribution in [3.05, 3.63) is 65.2 Å². The predicted octanol–water partition coefficient (Wildman–Crippen LogP) is 5.19. The van der Waals surface area contributed by atoms with Crippen LogP contribution in [0, 0.1) is 0 Å². The Labute approximate surface area is 214 Å². The minimum atomic E-state index is -0.726. The summed E-state index contributed by atoms with van der Waals surface area (Å²) >= 11 is 6.61. The smallest absolute Gasteiger partial charge is 0.296 e. The highest BCUT2D eigenvalue weighted by Crippen LogP contribution is 2.33. The molecule has 2 aromatic heterocycles. The molecule has 2 fully saturated rings. The van der Waals surface area contributed by atoms with Crippen molar-refractivity contribution in [2.75, 3.05) is 13.2 Å². The molecule has 2 aromatic carbocycles. The fraction of sp³-hybridized carbons (Fsp3) is 0.357. The van der Waals surface area contributed by atoms with Crippen LogP contribution in [0.1, 0.15) is 25.8 Å². The van der Waals surface area contributed by atoms with Crippen LogP contribution in [0.25, 0.3) is 33.5 Å². The highest BCUT2D eigenvalue weighted by Gasteiger charge is 2.43. The molecule has 0 saturated carbocycles. The van der Waals surface area contributed by atoms with Gasteiger partial charge in [-0.3, -0.25) is 0 Å². The van der Waals surface area contributed by atoms with Gasteiger partial charge in [-0.15, -0.1) is 0 Å². The van der Waals surface area contributed by atoms with E-state index in [-0.39, 0.29) is 18.3 Å². The zero-order valence-corrected chi connectivity index (χ0v) is 21.0. The highest BCUT2D eigenvalue weighted by atomic mass is 35.5. The number of aliphatic hydroxyl groups is 1. The van der Waals surface area contributed by atoms with E-state index in [1.54, 1.807) is 0 Å². The van der Waals surface area contributed by atoms with Gasteiger partial charge in [-0.2, -0.15) is 4.98 Å². The zero-order chi connectivity index (χ0) is 24.9. The molecule has 0 aliphatic carbocycles. The number of pyridine rings is 1. The lowest BCUT2D eigenvalue weighted by Gasteiger charge is -2.17. The van der Waals surface area contributed by atoms with Gasteiger partial charge in [-0.05, 0) is 43.0 Å². The van der Waals surface area contributed by atoms with E-state index in [0.29, 0.717) is 47.5 Å². The van der Waals surface area contributed by atoms with Crippen molar-refractivity contribution in [2.45, 2.75) is 50.6 Å². The summed E-state index contributed by atoms with van der Waals surface area (Å²) in [4.78, 5) is 12.4. The maximum absolute atomic E-state index is 10.0. The number of rotatable bonds is 6. The number of hydrogen-bond acceptors (Lipinski definition) is 6. The number of nitrogens with zero attached hydrogens (tertiary/aromatic N) is 2. The Morgan fingerprint density at radius 1 is 1.03 bits per heavy atom. The minimum Gasteiger partial charge on any atom is -0.456 e. The molecule has 0 bridgehead atoms. The quantitative estimate of drug-likeness (QED) is 0.374. The predicted molar refractivity (Wildman–Crippen MR) is 138 cm³/mol. The molecular formula is C28H28ClN3O4. The van der Waals surface area contributed by atoms with E-state index in [2.05, 4.69) is 46.4 Å². The highest BCUT2D eigenvalue weighted by molar-refractivity contribution is 6.33. The van der Waals surface area contributed by atoms with Crippen LogP contribution in [0.4, 0.5) is 0 Å². The first-order valence-electron chi connectivity index (χ1n) is 12.2. The van der Waals surface area contributed by atoms with Crippen LogP contribution >= 0.6 is 11.6 Å². The first-order chi connectivity index (χ1) is 17.3. The van der Waals surface area contributed by atoms with Crippen molar-refractivity contribution in [1.29, 1.82) is 0 Å². The summed E-state index contributed by atoms with van der Waals surface area (Å²) in [7, 11) is 0. The molecular weight excluding hydrogens is 478 g/mol.